The first-order valence-electron chi connectivity index (χ1n) is 6.91. The van der Waals surface area contributed by atoms with Gasteiger partial charge >= 0.3 is 0 Å². The molecule has 0 spiro atoms. The van der Waals surface area contributed by atoms with Gasteiger partial charge in [-0.05, 0) is 24.3 Å². The van der Waals surface area contributed by atoms with Crippen LogP contribution in [0.1, 0.15) is 5.76 Å². The average molecular weight is 368 g/mol. The van der Waals surface area contributed by atoms with Crippen LogP contribution in [0.2, 0.25) is 5.02 Å². The van der Waals surface area contributed by atoms with E-state index in [9.17, 15) is 0 Å². The zero-order valence-corrected chi connectivity index (χ0v) is 14.5. The third-order valence-corrected chi connectivity index (χ3v) is 5.09. The molecule has 5 nitrogen and oxygen atoms in total. The van der Waals surface area contributed by atoms with E-state index >= 15 is 0 Å². The quantitative estimate of drug-likeness (QED) is 0.465. The number of anilines is 1. The first kappa shape index (κ1) is 16.2. The van der Waals surface area contributed by atoms with Gasteiger partial charge in [0.25, 0.3) is 0 Å². The molecule has 2 aromatic heterocycles. The highest BCUT2D eigenvalue weighted by molar-refractivity contribution is 8.01. The van der Waals surface area contributed by atoms with E-state index in [1.54, 1.807) is 18.0 Å². The molecule has 0 aliphatic rings. The molecule has 8 heteroatoms. The summed E-state index contributed by atoms with van der Waals surface area (Å²) in [5.41, 5.74) is 0. The second kappa shape index (κ2) is 8.24. The third-order valence-electron chi connectivity index (χ3n) is 2.80. The van der Waals surface area contributed by atoms with E-state index in [1.807, 2.05) is 36.4 Å². The van der Waals surface area contributed by atoms with Crippen LogP contribution in [-0.2, 0) is 6.54 Å². The van der Waals surface area contributed by atoms with E-state index in [0.717, 1.165) is 21.0 Å². The summed E-state index contributed by atoms with van der Waals surface area (Å²) in [6.45, 7) is 1.16. The maximum atomic E-state index is 6.03. The molecule has 0 bridgehead atoms. The van der Waals surface area contributed by atoms with Crippen molar-refractivity contribution in [2.24, 2.45) is 0 Å². The summed E-state index contributed by atoms with van der Waals surface area (Å²) < 4.78 is 11.8. The number of thioether (sulfide) groups is 1. The van der Waals surface area contributed by atoms with Gasteiger partial charge in [-0.15, -0.1) is 10.2 Å². The van der Waals surface area contributed by atoms with Crippen LogP contribution >= 0.6 is 34.7 Å². The first-order chi connectivity index (χ1) is 11.3. The lowest BCUT2D eigenvalue weighted by molar-refractivity contribution is 0.344. The summed E-state index contributed by atoms with van der Waals surface area (Å²) in [5.74, 6) is 2.34. The standard InChI is InChI=1S/C15H14ClN3O2S2/c16-12-5-1-2-6-13(12)21-8-9-22-15-19-18-14(23-15)17-10-11-4-3-7-20-11/h1-7H,8-10H2,(H,17,18). The maximum Gasteiger partial charge on any atom is 0.206 e. The Balaban J connectivity index is 1.40. The molecule has 0 saturated heterocycles. The summed E-state index contributed by atoms with van der Waals surface area (Å²) in [4.78, 5) is 0. The van der Waals surface area contributed by atoms with Gasteiger partial charge in [0.05, 0.1) is 24.4 Å². The van der Waals surface area contributed by atoms with E-state index in [2.05, 4.69) is 15.5 Å². The van der Waals surface area contributed by atoms with Gasteiger partial charge in [0.2, 0.25) is 5.13 Å². The van der Waals surface area contributed by atoms with Crippen LogP contribution in [-0.4, -0.2) is 22.6 Å². The maximum absolute atomic E-state index is 6.03. The SMILES string of the molecule is Clc1ccccc1OCCSc1nnc(NCc2ccco2)s1. The Morgan fingerprint density at radius 1 is 1.22 bits per heavy atom. The molecule has 0 atom stereocenters. The second-order valence-corrected chi connectivity index (χ2v) is 7.16. The summed E-state index contributed by atoms with van der Waals surface area (Å²) in [7, 11) is 0. The van der Waals surface area contributed by atoms with Gasteiger partial charge in [-0.25, -0.2) is 0 Å². The van der Waals surface area contributed by atoms with Crippen LogP contribution in [0, 0.1) is 0 Å². The van der Waals surface area contributed by atoms with Crippen molar-refractivity contribution >= 4 is 39.8 Å². The lowest BCUT2D eigenvalue weighted by atomic mass is 10.3. The number of aromatic nitrogens is 2. The number of nitrogens with zero attached hydrogens (tertiary/aromatic N) is 2. The van der Waals surface area contributed by atoms with Crippen molar-refractivity contribution in [3.63, 3.8) is 0 Å². The number of hydrogen-bond donors (Lipinski definition) is 1. The van der Waals surface area contributed by atoms with E-state index in [4.69, 9.17) is 20.8 Å². The summed E-state index contributed by atoms with van der Waals surface area (Å²) in [5, 5.41) is 12.8. The van der Waals surface area contributed by atoms with E-state index in [-0.39, 0.29) is 0 Å². The molecule has 0 fully saturated rings. The lowest BCUT2D eigenvalue weighted by Gasteiger charge is -2.06. The molecular weight excluding hydrogens is 354 g/mol. The zero-order valence-electron chi connectivity index (χ0n) is 12.1. The number of halogens is 1. The van der Waals surface area contributed by atoms with Crippen molar-refractivity contribution in [3.05, 3.63) is 53.4 Å². The Hall–Kier alpha value is -1.70. The summed E-state index contributed by atoms with van der Waals surface area (Å²) in [6.07, 6.45) is 1.65. The van der Waals surface area contributed by atoms with E-state index in [0.29, 0.717) is 23.9 Å². The number of para-hydroxylation sites is 1. The fourth-order valence-corrected chi connectivity index (χ4v) is 3.58. The summed E-state index contributed by atoms with van der Waals surface area (Å²) in [6, 6.07) is 11.2. The number of rotatable bonds is 8. The topological polar surface area (TPSA) is 60.2 Å². The summed E-state index contributed by atoms with van der Waals surface area (Å²) >= 11 is 9.15. The van der Waals surface area contributed by atoms with Gasteiger partial charge in [0, 0.05) is 5.75 Å². The van der Waals surface area contributed by atoms with Crippen molar-refractivity contribution in [1.82, 2.24) is 10.2 Å². The van der Waals surface area contributed by atoms with E-state index in [1.165, 1.54) is 11.3 Å². The molecule has 0 aliphatic heterocycles. The van der Waals surface area contributed by atoms with Gasteiger partial charge in [0.1, 0.15) is 11.5 Å². The molecule has 3 rings (SSSR count). The molecule has 3 aromatic rings. The van der Waals surface area contributed by atoms with Crippen molar-refractivity contribution in [1.29, 1.82) is 0 Å². The molecule has 0 unspecified atom stereocenters. The molecule has 23 heavy (non-hydrogen) atoms. The molecule has 0 radical (unpaired) electrons. The minimum Gasteiger partial charge on any atom is -0.491 e. The van der Waals surface area contributed by atoms with Crippen molar-refractivity contribution in [2.75, 3.05) is 17.7 Å². The fraction of sp³-hybridized carbons (Fsp3) is 0.200. The molecule has 1 N–H and O–H groups in total. The molecule has 120 valence electrons. The Morgan fingerprint density at radius 3 is 2.96 bits per heavy atom. The van der Waals surface area contributed by atoms with Crippen molar-refractivity contribution < 1.29 is 9.15 Å². The highest BCUT2D eigenvalue weighted by atomic mass is 35.5. The Kier molecular flexibility index (Phi) is 5.79. The van der Waals surface area contributed by atoms with Gasteiger partial charge in [0.15, 0.2) is 4.34 Å². The molecule has 0 aliphatic carbocycles. The van der Waals surface area contributed by atoms with Gasteiger partial charge < -0.3 is 14.5 Å². The highest BCUT2D eigenvalue weighted by Crippen LogP contribution is 2.27. The Labute approximate surface area is 147 Å². The largest absolute Gasteiger partial charge is 0.491 e. The monoisotopic (exact) mass is 367 g/mol. The molecule has 0 amide bonds. The number of benzene rings is 1. The molecular formula is C15H14ClN3O2S2. The van der Waals surface area contributed by atoms with Crippen LogP contribution in [0.25, 0.3) is 0 Å². The fourth-order valence-electron chi connectivity index (χ4n) is 1.76. The average Bonchev–Trinajstić information content (AvgIpc) is 3.23. The predicted octanol–water partition coefficient (Wildman–Crippen LogP) is 4.57. The minimum absolute atomic E-state index is 0.559. The number of ether oxygens (including phenoxy) is 1. The smallest absolute Gasteiger partial charge is 0.206 e. The van der Waals surface area contributed by atoms with Crippen LogP contribution in [0.5, 0.6) is 5.75 Å². The van der Waals surface area contributed by atoms with Crippen molar-refractivity contribution in [3.8, 4) is 5.75 Å². The van der Waals surface area contributed by atoms with Crippen LogP contribution in [0.4, 0.5) is 5.13 Å². The predicted molar refractivity (Wildman–Crippen MR) is 93.6 cm³/mol. The van der Waals surface area contributed by atoms with Crippen molar-refractivity contribution in [2.45, 2.75) is 10.9 Å². The second-order valence-electron chi connectivity index (χ2n) is 4.43. The van der Waals surface area contributed by atoms with Crippen LogP contribution in [0.15, 0.2) is 51.4 Å². The number of hydrogen-bond acceptors (Lipinski definition) is 7. The van der Waals surface area contributed by atoms with Gasteiger partial charge in [-0.3, -0.25) is 0 Å². The zero-order chi connectivity index (χ0) is 15.9. The number of nitrogens with one attached hydrogen (secondary N) is 1. The normalized spacial score (nSPS) is 10.7. The highest BCUT2D eigenvalue weighted by Gasteiger charge is 2.06. The molecule has 1 aromatic carbocycles. The van der Waals surface area contributed by atoms with Crippen LogP contribution in [0.3, 0.4) is 0 Å². The third kappa shape index (κ3) is 4.89. The molecule has 2 heterocycles. The van der Waals surface area contributed by atoms with Gasteiger partial charge in [-0.1, -0.05) is 46.8 Å². The Bertz CT molecular complexity index is 734. The number of furan rings is 1. The van der Waals surface area contributed by atoms with E-state index < -0.39 is 0 Å². The molecule has 0 saturated carbocycles. The minimum atomic E-state index is 0.559. The lowest BCUT2D eigenvalue weighted by Crippen LogP contribution is -2.00. The van der Waals surface area contributed by atoms with Gasteiger partial charge in [-0.2, -0.15) is 0 Å². The first-order valence-corrected chi connectivity index (χ1v) is 9.09. The van der Waals surface area contributed by atoms with Crippen LogP contribution < -0.4 is 10.1 Å². The Morgan fingerprint density at radius 2 is 2.13 bits per heavy atom.